The zero-order valence-corrected chi connectivity index (χ0v) is 14.9. The number of benzene rings is 1. The highest BCUT2D eigenvalue weighted by atomic mass is 16.5. The molecule has 0 N–H and O–H groups in total. The number of methoxy groups -OCH3 is 1. The molecule has 0 aromatic heterocycles. The molecular weight excluding hydrogens is 288 g/mol. The van der Waals surface area contributed by atoms with Crippen molar-refractivity contribution in [2.24, 2.45) is 5.92 Å². The van der Waals surface area contributed by atoms with Crippen molar-refractivity contribution >= 4 is 5.91 Å². The highest BCUT2D eigenvalue weighted by Gasteiger charge is 2.54. The van der Waals surface area contributed by atoms with Crippen LogP contribution in [0.25, 0.3) is 0 Å². The smallest absolute Gasteiger partial charge is 0.233 e. The molecule has 4 nitrogen and oxygen atoms in total. The number of ether oxygens (including phenoxy) is 1. The minimum atomic E-state index is -0.304. The van der Waals surface area contributed by atoms with Crippen molar-refractivity contribution in [1.82, 2.24) is 9.80 Å². The Hall–Kier alpha value is -1.55. The van der Waals surface area contributed by atoms with E-state index >= 15 is 0 Å². The summed E-state index contributed by atoms with van der Waals surface area (Å²) < 4.78 is 5.45. The third-order valence-corrected chi connectivity index (χ3v) is 5.64. The number of likely N-dealkylation sites (N-methyl/N-ethyl adjacent to an activating group) is 1. The first-order chi connectivity index (χ1) is 10.9. The average Bonchev–Trinajstić information content (AvgIpc) is 3.23. The third kappa shape index (κ3) is 2.74. The van der Waals surface area contributed by atoms with Crippen molar-refractivity contribution in [3.63, 3.8) is 0 Å². The van der Waals surface area contributed by atoms with E-state index < -0.39 is 0 Å². The Labute approximate surface area is 139 Å². The number of nitrogens with zero attached hydrogens (tertiary/aromatic N) is 2. The SMILES string of the molecule is COc1cc(C2(C(=O)N3CC(C)C(N(C)C)C3)CC2)ccc1C. The lowest BCUT2D eigenvalue weighted by Gasteiger charge is -2.25. The van der Waals surface area contributed by atoms with Crippen LogP contribution in [-0.4, -0.2) is 56.0 Å². The summed E-state index contributed by atoms with van der Waals surface area (Å²) in [6, 6.07) is 6.69. The standard InChI is InChI=1S/C19H28N2O2/c1-13-6-7-15(10-17(13)23-5)19(8-9-19)18(22)21-11-14(2)16(12-21)20(3)4/h6-7,10,14,16H,8-9,11-12H2,1-5H3. The van der Waals surface area contributed by atoms with E-state index in [1.54, 1.807) is 7.11 Å². The van der Waals surface area contributed by atoms with Gasteiger partial charge in [-0.15, -0.1) is 0 Å². The van der Waals surface area contributed by atoms with E-state index in [-0.39, 0.29) is 5.41 Å². The molecule has 1 saturated heterocycles. The third-order valence-electron chi connectivity index (χ3n) is 5.64. The first-order valence-electron chi connectivity index (χ1n) is 8.50. The average molecular weight is 316 g/mol. The van der Waals surface area contributed by atoms with Gasteiger partial charge >= 0.3 is 0 Å². The molecule has 0 spiro atoms. The van der Waals surface area contributed by atoms with Gasteiger partial charge in [0.15, 0.2) is 0 Å². The lowest BCUT2D eigenvalue weighted by molar-refractivity contribution is -0.133. The number of amides is 1. The van der Waals surface area contributed by atoms with E-state index in [1.165, 1.54) is 0 Å². The zero-order chi connectivity index (χ0) is 16.8. The van der Waals surface area contributed by atoms with Crippen LogP contribution in [0.5, 0.6) is 5.75 Å². The maximum absolute atomic E-state index is 13.2. The molecule has 2 fully saturated rings. The minimum Gasteiger partial charge on any atom is -0.496 e. The number of carbonyl (C=O) groups is 1. The summed E-state index contributed by atoms with van der Waals surface area (Å²) >= 11 is 0. The molecule has 0 bridgehead atoms. The van der Waals surface area contributed by atoms with Crippen molar-refractivity contribution in [2.75, 3.05) is 34.3 Å². The number of aryl methyl sites for hydroxylation is 1. The van der Waals surface area contributed by atoms with Crippen molar-refractivity contribution in [2.45, 2.75) is 38.1 Å². The minimum absolute atomic E-state index is 0.304. The first kappa shape index (κ1) is 16.3. The Morgan fingerprint density at radius 1 is 1.30 bits per heavy atom. The quantitative estimate of drug-likeness (QED) is 0.855. The van der Waals surface area contributed by atoms with Gasteiger partial charge in [-0.1, -0.05) is 19.1 Å². The van der Waals surface area contributed by atoms with Gasteiger partial charge in [-0.2, -0.15) is 0 Å². The van der Waals surface area contributed by atoms with E-state index in [0.717, 1.165) is 42.8 Å². The summed E-state index contributed by atoms with van der Waals surface area (Å²) in [4.78, 5) is 17.5. The molecule has 1 aliphatic heterocycles. The number of carbonyl (C=O) groups excluding carboxylic acids is 1. The zero-order valence-electron chi connectivity index (χ0n) is 14.9. The Bertz CT molecular complexity index is 607. The van der Waals surface area contributed by atoms with Crippen LogP contribution in [0.15, 0.2) is 18.2 Å². The monoisotopic (exact) mass is 316 g/mol. The van der Waals surface area contributed by atoms with Crippen LogP contribution < -0.4 is 4.74 Å². The van der Waals surface area contributed by atoms with Crippen LogP contribution in [0.2, 0.25) is 0 Å². The molecule has 1 saturated carbocycles. The number of hydrogen-bond donors (Lipinski definition) is 0. The fourth-order valence-electron chi connectivity index (χ4n) is 3.96. The molecule has 23 heavy (non-hydrogen) atoms. The Morgan fingerprint density at radius 2 is 2.00 bits per heavy atom. The molecule has 1 heterocycles. The molecular formula is C19H28N2O2. The van der Waals surface area contributed by atoms with E-state index in [9.17, 15) is 4.79 Å². The summed E-state index contributed by atoms with van der Waals surface area (Å²) in [5.74, 6) is 1.71. The fraction of sp³-hybridized carbons (Fsp3) is 0.632. The first-order valence-corrected chi connectivity index (χ1v) is 8.50. The van der Waals surface area contributed by atoms with Crippen LogP contribution in [0.4, 0.5) is 0 Å². The summed E-state index contributed by atoms with van der Waals surface area (Å²) in [5, 5.41) is 0. The second-order valence-electron chi connectivity index (χ2n) is 7.48. The largest absolute Gasteiger partial charge is 0.496 e. The molecule has 1 amide bonds. The lowest BCUT2D eigenvalue weighted by Crippen LogP contribution is -2.40. The fourth-order valence-corrected chi connectivity index (χ4v) is 3.96. The van der Waals surface area contributed by atoms with E-state index in [4.69, 9.17) is 4.74 Å². The molecule has 2 aliphatic rings. The highest BCUT2D eigenvalue weighted by Crippen LogP contribution is 2.51. The Kier molecular flexibility index (Phi) is 4.13. The number of rotatable bonds is 4. The Morgan fingerprint density at radius 3 is 2.52 bits per heavy atom. The molecule has 2 unspecified atom stereocenters. The van der Waals surface area contributed by atoms with Crippen LogP contribution in [-0.2, 0) is 10.2 Å². The second kappa shape index (κ2) is 5.82. The summed E-state index contributed by atoms with van der Waals surface area (Å²) in [6.07, 6.45) is 1.91. The van der Waals surface area contributed by atoms with E-state index in [2.05, 4.69) is 49.0 Å². The van der Waals surface area contributed by atoms with Crippen molar-refractivity contribution in [3.05, 3.63) is 29.3 Å². The molecule has 1 aliphatic carbocycles. The number of hydrogen-bond acceptors (Lipinski definition) is 3. The van der Waals surface area contributed by atoms with Crippen LogP contribution in [0.3, 0.4) is 0 Å². The molecule has 126 valence electrons. The predicted octanol–water partition coefficient (Wildman–Crippen LogP) is 2.44. The van der Waals surface area contributed by atoms with Gasteiger partial charge in [-0.05, 0) is 57.0 Å². The van der Waals surface area contributed by atoms with Gasteiger partial charge < -0.3 is 14.5 Å². The van der Waals surface area contributed by atoms with E-state index in [1.807, 2.05) is 6.92 Å². The van der Waals surface area contributed by atoms with Gasteiger partial charge in [0.05, 0.1) is 12.5 Å². The van der Waals surface area contributed by atoms with Gasteiger partial charge in [0.1, 0.15) is 5.75 Å². The summed E-state index contributed by atoms with van der Waals surface area (Å²) in [5.41, 5.74) is 1.93. The Balaban J connectivity index is 1.82. The second-order valence-corrected chi connectivity index (χ2v) is 7.48. The van der Waals surface area contributed by atoms with Crippen LogP contribution in [0.1, 0.15) is 30.9 Å². The van der Waals surface area contributed by atoms with Crippen molar-refractivity contribution in [3.8, 4) is 5.75 Å². The molecule has 1 aromatic rings. The van der Waals surface area contributed by atoms with Crippen molar-refractivity contribution in [1.29, 1.82) is 0 Å². The van der Waals surface area contributed by atoms with Gasteiger partial charge in [-0.3, -0.25) is 4.79 Å². The van der Waals surface area contributed by atoms with Crippen LogP contribution >= 0.6 is 0 Å². The number of likely N-dealkylation sites (tertiary alicyclic amines) is 1. The van der Waals surface area contributed by atoms with E-state index in [0.29, 0.717) is 17.9 Å². The van der Waals surface area contributed by atoms with Gasteiger partial charge in [-0.25, -0.2) is 0 Å². The molecule has 1 aromatic carbocycles. The normalized spacial score (nSPS) is 25.7. The van der Waals surface area contributed by atoms with Crippen molar-refractivity contribution < 1.29 is 9.53 Å². The molecule has 0 radical (unpaired) electrons. The predicted molar refractivity (Wildman–Crippen MR) is 91.9 cm³/mol. The van der Waals surface area contributed by atoms with Gasteiger partial charge in [0, 0.05) is 19.1 Å². The molecule has 2 atom stereocenters. The topological polar surface area (TPSA) is 32.8 Å². The summed E-state index contributed by atoms with van der Waals surface area (Å²) in [7, 11) is 5.90. The highest BCUT2D eigenvalue weighted by molar-refractivity contribution is 5.91. The lowest BCUT2D eigenvalue weighted by atomic mass is 9.93. The maximum atomic E-state index is 13.2. The summed E-state index contributed by atoms with van der Waals surface area (Å²) in [6.45, 7) is 5.99. The molecule has 4 heteroatoms. The van der Waals surface area contributed by atoms with Gasteiger partial charge in [0.2, 0.25) is 5.91 Å². The molecule has 3 rings (SSSR count). The maximum Gasteiger partial charge on any atom is 0.233 e. The van der Waals surface area contributed by atoms with Crippen LogP contribution in [0, 0.1) is 12.8 Å². The van der Waals surface area contributed by atoms with Gasteiger partial charge in [0.25, 0.3) is 0 Å².